The SMILES string of the molecule is CN(C)c1ccnc(Oc2cccc(Cl)c2)n1. The van der Waals surface area contributed by atoms with E-state index in [-0.39, 0.29) is 0 Å². The maximum atomic E-state index is 5.86. The highest BCUT2D eigenvalue weighted by Gasteiger charge is 2.03. The number of rotatable bonds is 3. The lowest BCUT2D eigenvalue weighted by Crippen LogP contribution is -2.11. The van der Waals surface area contributed by atoms with Gasteiger partial charge in [-0.2, -0.15) is 4.98 Å². The number of ether oxygens (including phenoxy) is 1. The number of nitrogens with zero attached hydrogens (tertiary/aromatic N) is 3. The van der Waals surface area contributed by atoms with E-state index in [2.05, 4.69) is 9.97 Å². The predicted octanol–water partition coefficient (Wildman–Crippen LogP) is 2.99. The number of hydrogen-bond donors (Lipinski definition) is 0. The first kappa shape index (κ1) is 11.7. The highest BCUT2D eigenvalue weighted by atomic mass is 35.5. The lowest BCUT2D eigenvalue weighted by Gasteiger charge is -2.11. The van der Waals surface area contributed by atoms with E-state index in [0.29, 0.717) is 16.8 Å². The van der Waals surface area contributed by atoms with Crippen molar-refractivity contribution in [2.75, 3.05) is 19.0 Å². The second kappa shape index (κ2) is 5.01. The normalized spacial score (nSPS) is 10.1. The largest absolute Gasteiger partial charge is 0.424 e. The van der Waals surface area contributed by atoms with E-state index in [1.165, 1.54) is 0 Å². The molecule has 0 spiro atoms. The van der Waals surface area contributed by atoms with Crippen LogP contribution in [0.2, 0.25) is 5.02 Å². The molecule has 0 N–H and O–H groups in total. The van der Waals surface area contributed by atoms with Gasteiger partial charge >= 0.3 is 6.01 Å². The van der Waals surface area contributed by atoms with Crippen LogP contribution in [0.3, 0.4) is 0 Å². The van der Waals surface area contributed by atoms with E-state index in [1.807, 2.05) is 31.1 Å². The van der Waals surface area contributed by atoms with Crippen molar-refractivity contribution in [3.8, 4) is 11.8 Å². The quantitative estimate of drug-likeness (QED) is 0.838. The summed E-state index contributed by atoms with van der Waals surface area (Å²) in [5.41, 5.74) is 0. The van der Waals surface area contributed by atoms with Crippen LogP contribution >= 0.6 is 11.6 Å². The van der Waals surface area contributed by atoms with Crippen molar-refractivity contribution in [1.29, 1.82) is 0 Å². The Morgan fingerprint density at radius 1 is 1.24 bits per heavy atom. The van der Waals surface area contributed by atoms with Crippen LogP contribution in [0.5, 0.6) is 11.8 Å². The summed E-state index contributed by atoms with van der Waals surface area (Å²) < 4.78 is 5.52. The van der Waals surface area contributed by atoms with E-state index in [4.69, 9.17) is 16.3 Å². The molecule has 0 saturated carbocycles. The van der Waals surface area contributed by atoms with Gasteiger partial charge in [-0.1, -0.05) is 17.7 Å². The molecule has 2 aromatic rings. The summed E-state index contributed by atoms with van der Waals surface area (Å²) in [7, 11) is 3.82. The first-order valence-electron chi connectivity index (χ1n) is 5.09. The molecule has 2 rings (SSSR count). The number of halogens is 1. The Kier molecular flexibility index (Phi) is 3.44. The fraction of sp³-hybridized carbons (Fsp3) is 0.167. The number of hydrogen-bond acceptors (Lipinski definition) is 4. The Labute approximate surface area is 105 Å². The molecular formula is C12H12ClN3O. The lowest BCUT2D eigenvalue weighted by molar-refractivity contribution is 0.442. The average Bonchev–Trinajstić information content (AvgIpc) is 2.29. The summed E-state index contributed by atoms with van der Waals surface area (Å²) in [6.45, 7) is 0. The van der Waals surface area contributed by atoms with Crippen LogP contribution in [-0.2, 0) is 0 Å². The third-order valence-corrected chi connectivity index (χ3v) is 2.32. The molecule has 0 aliphatic rings. The van der Waals surface area contributed by atoms with Gasteiger partial charge in [0.2, 0.25) is 0 Å². The maximum Gasteiger partial charge on any atom is 0.323 e. The summed E-state index contributed by atoms with van der Waals surface area (Å²) >= 11 is 5.86. The summed E-state index contributed by atoms with van der Waals surface area (Å²) in [6.07, 6.45) is 1.65. The van der Waals surface area contributed by atoms with Crippen LogP contribution in [0.25, 0.3) is 0 Å². The fourth-order valence-corrected chi connectivity index (χ4v) is 1.45. The predicted molar refractivity (Wildman–Crippen MR) is 67.9 cm³/mol. The molecule has 0 bridgehead atoms. The molecule has 0 unspecified atom stereocenters. The summed E-state index contributed by atoms with van der Waals surface area (Å²) in [5, 5.41) is 0.617. The van der Waals surface area contributed by atoms with E-state index < -0.39 is 0 Å². The molecular weight excluding hydrogens is 238 g/mol. The van der Waals surface area contributed by atoms with Crippen LogP contribution in [0.15, 0.2) is 36.5 Å². The van der Waals surface area contributed by atoms with Crippen molar-refractivity contribution in [3.05, 3.63) is 41.6 Å². The van der Waals surface area contributed by atoms with Crippen LogP contribution in [0, 0.1) is 0 Å². The molecule has 88 valence electrons. The van der Waals surface area contributed by atoms with Gasteiger partial charge in [0.25, 0.3) is 0 Å². The molecule has 0 fully saturated rings. The standard InChI is InChI=1S/C12H12ClN3O/c1-16(2)11-6-7-14-12(15-11)17-10-5-3-4-9(13)8-10/h3-8H,1-2H3. The van der Waals surface area contributed by atoms with Crippen molar-refractivity contribution in [3.63, 3.8) is 0 Å². The highest BCUT2D eigenvalue weighted by molar-refractivity contribution is 6.30. The van der Waals surface area contributed by atoms with Gasteiger partial charge in [-0.15, -0.1) is 0 Å². The highest BCUT2D eigenvalue weighted by Crippen LogP contribution is 2.22. The van der Waals surface area contributed by atoms with Crippen LogP contribution in [-0.4, -0.2) is 24.1 Å². The van der Waals surface area contributed by atoms with Gasteiger partial charge in [0.05, 0.1) is 0 Å². The third-order valence-electron chi connectivity index (χ3n) is 2.08. The van der Waals surface area contributed by atoms with Crippen molar-refractivity contribution >= 4 is 17.4 Å². The molecule has 1 aromatic heterocycles. The zero-order valence-electron chi connectivity index (χ0n) is 9.59. The number of benzene rings is 1. The Morgan fingerprint density at radius 3 is 2.76 bits per heavy atom. The summed E-state index contributed by atoms with van der Waals surface area (Å²) in [5.74, 6) is 1.41. The van der Waals surface area contributed by atoms with Crippen LogP contribution in [0.4, 0.5) is 5.82 Å². The summed E-state index contributed by atoms with van der Waals surface area (Å²) in [6, 6.07) is 9.23. The molecule has 0 atom stereocenters. The summed E-state index contributed by atoms with van der Waals surface area (Å²) in [4.78, 5) is 10.2. The molecule has 4 nitrogen and oxygen atoms in total. The van der Waals surface area contributed by atoms with Crippen molar-refractivity contribution in [1.82, 2.24) is 9.97 Å². The Morgan fingerprint density at radius 2 is 2.06 bits per heavy atom. The van der Waals surface area contributed by atoms with Gasteiger partial charge in [-0.05, 0) is 24.3 Å². The van der Waals surface area contributed by atoms with E-state index >= 15 is 0 Å². The molecule has 1 aromatic carbocycles. The van der Waals surface area contributed by atoms with E-state index in [0.717, 1.165) is 5.82 Å². The minimum absolute atomic E-state index is 0.304. The van der Waals surface area contributed by atoms with Crippen LogP contribution < -0.4 is 9.64 Å². The Hall–Kier alpha value is -1.81. The Balaban J connectivity index is 2.21. The smallest absolute Gasteiger partial charge is 0.323 e. The molecule has 0 radical (unpaired) electrons. The van der Waals surface area contributed by atoms with Gasteiger partial charge in [-0.25, -0.2) is 4.98 Å². The second-order valence-electron chi connectivity index (χ2n) is 3.65. The second-order valence-corrected chi connectivity index (χ2v) is 4.09. The zero-order chi connectivity index (χ0) is 12.3. The number of anilines is 1. The molecule has 0 aliphatic heterocycles. The minimum Gasteiger partial charge on any atom is -0.424 e. The first-order chi connectivity index (χ1) is 8.15. The van der Waals surface area contributed by atoms with Gasteiger partial charge in [-0.3, -0.25) is 0 Å². The van der Waals surface area contributed by atoms with Crippen molar-refractivity contribution < 1.29 is 4.74 Å². The average molecular weight is 250 g/mol. The zero-order valence-corrected chi connectivity index (χ0v) is 10.3. The van der Waals surface area contributed by atoms with E-state index in [1.54, 1.807) is 24.4 Å². The maximum absolute atomic E-state index is 5.86. The molecule has 0 aliphatic carbocycles. The van der Waals surface area contributed by atoms with Gasteiger partial charge in [0.15, 0.2) is 0 Å². The molecule has 5 heteroatoms. The van der Waals surface area contributed by atoms with E-state index in [9.17, 15) is 0 Å². The molecule has 1 heterocycles. The molecule has 0 saturated heterocycles. The van der Waals surface area contributed by atoms with Gasteiger partial charge in [0.1, 0.15) is 11.6 Å². The van der Waals surface area contributed by atoms with Crippen molar-refractivity contribution in [2.45, 2.75) is 0 Å². The van der Waals surface area contributed by atoms with Gasteiger partial charge < -0.3 is 9.64 Å². The minimum atomic E-state index is 0.304. The third kappa shape index (κ3) is 3.07. The fourth-order valence-electron chi connectivity index (χ4n) is 1.27. The number of aromatic nitrogens is 2. The van der Waals surface area contributed by atoms with Crippen molar-refractivity contribution in [2.24, 2.45) is 0 Å². The molecule has 0 amide bonds. The first-order valence-corrected chi connectivity index (χ1v) is 5.47. The van der Waals surface area contributed by atoms with Gasteiger partial charge in [0, 0.05) is 25.3 Å². The van der Waals surface area contributed by atoms with Crippen LogP contribution in [0.1, 0.15) is 0 Å². The lowest BCUT2D eigenvalue weighted by atomic mass is 10.3. The topological polar surface area (TPSA) is 38.2 Å². The monoisotopic (exact) mass is 249 g/mol. The molecule has 17 heavy (non-hydrogen) atoms. The Bertz CT molecular complexity index is 517.